The first kappa shape index (κ1) is 8.44. The zero-order valence-corrected chi connectivity index (χ0v) is 7.32. The van der Waals surface area contributed by atoms with Crippen molar-refractivity contribution in [2.24, 2.45) is 0 Å². The Labute approximate surface area is 71.4 Å². The second-order valence-electron chi connectivity index (χ2n) is 3.69. The van der Waals surface area contributed by atoms with E-state index in [0.29, 0.717) is 6.61 Å². The molecule has 0 amide bonds. The third-order valence-corrected chi connectivity index (χ3v) is 2.19. The monoisotopic (exact) mass is 174 g/mol. The van der Waals surface area contributed by atoms with Crippen molar-refractivity contribution >= 4 is 0 Å². The van der Waals surface area contributed by atoms with Gasteiger partial charge in [-0.2, -0.15) is 0 Å². The molecule has 70 valence electrons. The van der Waals surface area contributed by atoms with E-state index >= 15 is 0 Å². The smallest absolute Gasteiger partial charge is 0.183 e. The van der Waals surface area contributed by atoms with Crippen molar-refractivity contribution in [2.75, 3.05) is 6.61 Å². The standard InChI is InChI=1S/C8H14O4/c1-8(2)11-5-3-4-10-7(9)6(5)12-8/h5-7,9H,3-4H2,1-2H3. The zero-order chi connectivity index (χ0) is 8.77. The molecule has 0 bridgehead atoms. The highest BCUT2D eigenvalue weighted by Gasteiger charge is 2.47. The lowest BCUT2D eigenvalue weighted by Gasteiger charge is -2.27. The Morgan fingerprint density at radius 1 is 1.33 bits per heavy atom. The minimum absolute atomic E-state index is 0.0104. The van der Waals surface area contributed by atoms with Crippen molar-refractivity contribution < 1.29 is 19.3 Å². The van der Waals surface area contributed by atoms with Crippen molar-refractivity contribution in [2.45, 2.75) is 44.6 Å². The molecule has 2 fully saturated rings. The lowest BCUT2D eigenvalue weighted by molar-refractivity contribution is -0.206. The first-order valence-electron chi connectivity index (χ1n) is 4.24. The highest BCUT2D eigenvalue weighted by atomic mass is 16.8. The molecule has 2 rings (SSSR count). The summed E-state index contributed by atoms with van der Waals surface area (Å²) in [7, 11) is 0. The van der Waals surface area contributed by atoms with Crippen LogP contribution in [0.5, 0.6) is 0 Å². The summed E-state index contributed by atoms with van der Waals surface area (Å²) in [5.41, 5.74) is 0. The summed E-state index contributed by atoms with van der Waals surface area (Å²) >= 11 is 0. The van der Waals surface area contributed by atoms with Gasteiger partial charge in [-0.05, 0) is 20.3 Å². The van der Waals surface area contributed by atoms with E-state index in [0.717, 1.165) is 6.42 Å². The van der Waals surface area contributed by atoms with Crippen LogP contribution in [-0.4, -0.2) is 36.0 Å². The van der Waals surface area contributed by atoms with E-state index in [-0.39, 0.29) is 12.2 Å². The van der Waals surface area contributed by atoms with E-state index in [2.05, 4.69) is 0 Å². The molecule has 0 aromatic heterocycles. The summed E-state index contributed by atoms with van der Waals surface area (Å²) in [5, 5.41) is 9.38. The van der Waals surface area contributed by atoms with Crippen LogP contribution in [-0.2, 0) is 14.2 Å². The molecule has 3 atom stereocenters. The van der Waals surface area contributed by atoms with Gasteiger partial charge in [-0.15, -0.1) is 0 Å². The van der Waals surface area contributed by atoms with E-state index in [1.807, 2.05) is 13.8 Å². The van der Waals surface area contributed by atoms with Crippen LogP contribution in [0.4, 0.5) is 0 Å². The third kappa shape index (κ3) is 1.35. The molecular weight excluding hydrogens is 160 g/mol. The molecule has 2 aliphatic heterocycles. The lowest BCUT2D eigenvalue weighted by atomic mass is 10.1. The molecule has 0 aliphatic carbocycles. The minimum Gasteiger partial charge on any atom is -0.366 e. The summed E-state index contributed by atoms with van der Waals surface area (Å²) in [5.74, 6) is -0.579. The lowest BCUT2D eigenvalue weighted by Crippen LogP contribution is -2.42. The maximum Gasteiger partial charge on any atom is 0.183 e. The molecule has 0 spiro atoms. The van der Waals surface area contributed by atoms with E-state index in [9.17, 15) is 5.11 Å². The molecule has 4 heteroatoms. The summed E-state index contributed by atoms with van der Waals surface area (Å²) < 4.78 is 16.1. The van der Waals surface area contributed by atoms with Crippen molar-refractivity contribution in [1.29, 1.82) is 0 Å². The van der Waals surface area contributed by atoms with Gasteiger partial charge in [-0.25, -0.2) is 0 Å². The third-order valence-electron chi connectivity index (χ3n) is 2.19. The molecule has 1 N–H and O–H groups in total. The molecule has 12 heavy (non-hydrogen) atoms. The van der Waals surface area contributed by atoms with Gasteiger partial charge in [0.25, 0.3) is 0 Å². The Morgan fingerprint density at radius 2 is 2.08 bits per heavy atom. The summed E-state index contributed by atoms with van der Waals surface area (Å²) in [6.07, 6.45) is -0.353. The average molecular weight is 174 g/mol. The van der Waals surface area contributed by atoms with Crippen molar-refractivity contribution in [3.8, 4) is 0 Å². The molecular formula is C8H14O4. The molecule has 0 radical (unpaired) electrons. The number of hydrogen-bond acceptors (Lipinski definition) is 4. The van der Waals surface area contributed by atoms with Crippen molar-refractivity contribution in [1.82, 2.24) is 0 Å². The fourth-order valence-electron chi connectivity index (χ4n) is 1.73. The van der Waals surface area contributed by atoms with Crippen molar-refractivity contribution in [3.63, 3.8) is 0 Å². The quantitative estimate of drug-likeness (QED) is 0.571. The zero-order valence-electron chi connectivity index (χ0n) is 7.32. The van der Waals surface area contributed by atoms with Gasteiger partial charge in [0.1, 0.15) is 6.10 Å². The van der Waals surface area contributed by atoms with Gasteiger partial charge >= 0.3 is 0 Å². The second kappa shape index (κ2) is 2.67. The number of aliphatic hydroxyl groups is 1. The highest BCUT2D eigenvalue weighted by Crippen LogP contribution is 2.34. The average Bonchev–Trinajstić information content (AvgIpc) is 2.25. The largest absolute Gasteiger partial charge is 0.366 e. The Hall–Kier alpha value is -0.160. The predicted molar refractivity (Wildman–Crippen MR) is 40.4 cm³/mol. The maximum absolute atomic E-state index is 9.38. The summed E-state index contributed by atoms with van der Waals surface area (Å²) in [6, 6.07) is 0. The van der Waals surface area contributed by atoms with Gasteiger partial charge in [0.15, 0.2) is 12.1 Å². The van der Waals surface area contributed by atoms with Gasteiger partial charge in [-0.1, -0.05) is 0 Å². The fourth-order valence-corrected chi connectivity index (χ4v) is 1.73. The topological polar surface area (TPSA) is 47.9 Å². The van der Waals surface area contributed by atoms with Crippen LogP contribution in [0.25, 0.3) is 0 Å². The summed E-state index contributed by atoms with van der Waals surface area (Å²) in [4.78, 5) is 0. The number of ether oxygens (including phenoxy) is 3. The Kier molecular flexibility index (Phi) is 1.88. The highest BCUT2D eigenvalue weighted by molar-refractivity contribution is 4.85. The van der Waals surface area contributed by atoms with Gasteiger partial charge in [0.05, 0.1) is 12.7 Å². The van der Waals surface area contributed by atoms with Crippen LogP contribution in [0, 0.1) is 0 Å². The van der Waals surface area contributed by atoms with Crippen molar-refractivity contribution in [3.05, 3.63) is 0 Å². The summed E-state index contributed by atoms with van der Waals surface area (Å²) in [6.45, 7) is 4.23. The maximum atomic E-state index is 9.38. The van der Waals surface area contributed by atoms with Gasteiger partial charge in [-0.3, -0.25) is 0 Å². The molecule has 0 aromatic rings. The SMILES string of the molecule is CC1(C)OC2CCOC(O)C2O1. The van der Waals surface area contributed by atoms with E-state index in [1.165, 1.54) is 0 Å². The van der Waals surface area contributed by atoms with Crippen LogP contribution in [0.1, 0.15) is 20.3 Å². The Balaban J connectivity index is 2.09. The first-order chi connectivity index (χ1) is 5.58. The normalized spacial score (nSPS) is 45.8. The molecule has 2 saturated heterocycles. The molecule has 3 unspecified atom stereocenters. The van der Waals surface area contributed by atoms with E-state index in [4.69, 9.17) is 14.2 Å². The van der Waals surface area contributed by atoms with Crippen LogP contribution in [0.2, 0.25) is 0 Å². The second-order valence-corrected chi connectivity index (χ2v) is 3.69. The minimum atomic E-state index is -0.828. The van der Waals surface area contributed by atoms with E-state index in [1.54, 1.807) is 0 Å². The molecule has 0 aromatic carbocycles. The van der Waals surface area contributed by atoms with Gasteiger partial charge < -0.3 is 19.3 Å². The molecule has 2 heterocycles. The van der Waals surface area contributed by atoms with Crippen LogP contribution in [0.3, 0.4) is 0 Å². The van der Waals surface area contributed by atoms with Crippen LogP contribution in [0.15, 0.2) is 0 Å². The first-order valence-corrected chi connectivity index (χ1v) is 4.24. The van der Waals surface area contributed by atoms with Gasteiger partial charge in [0.2, 0.25) is 0 Å². The van der Waals surface area contributed by atoms with Crippen LogP contribution < -0.4 is 0 Å². The number of rotatable bonds is 0. The van der Waals surface area contributed by atoms with Crippen LogP contribution >= 0.6 is 0 Å². The van der Waals surface area contributed by atoms with E-state index < -0.39 is 12.1 Å². The Bertz CT molecular complexity index is 180. The molecule has 4 nitrogen and oxygen atoms in total. The Morgan fingerprint density at radius 3 is 2.75 bits per heavy atom. The number of fused-ring (bicyclic) bond motifs is 1. The number of hydrogen-bond donors (Lipinski definition) is 1. The molecule has 2 aliphatic rings. The van der Waals surface area contributed by atoms with Gasteiger partial charge in [0, 0.05) is 0 Å². The molecule has 0 saturated carbocycles. The fraction of sp³-hybridized carbons (Fsp3) is 1.00. The predicted octanol–water partition coefficient (Wildman–Crippen LogP) is 0.245. The number of aliphatic hydroxyl groups excluding tert-OH is 1.